The molecule has 1 aromatic heterocycles. The molecule has 5 heteroatoms. The van der Waals surface area contributed by atoms with E-state index in [-0.39, 0.29) is 11.3 Å². The third kappa shape index (κ3) is 2.74. The Bertz CT molecular complexity index is 600. The molecule has 3 fully saturated rings. The Hall–Kier alpha value is -1.78. The maximum absolute atomic E-state index is 12.6. The van der Waals surface area contributed by atoms with Gasteiger partial charge in [-0.1, -0.05) is 6.42 Å². The van der Waals surface area contributed by atoms with Gasteiger partial charge in [0.2, 0.25) is 5.91 Å². The standard InChI is InChI=1S/C19H26N2O3/c22-17(20-9-1-2-10-20)5-4-16-12-21(14-19(16)7-3-8-19)18(23)15-6-11-24-13-15/h6,11,13,16H,1-5,7-10,12,14H2. The number of nitrogens with zero attached hydrogens (tertiary/aromatic N) is 2. The summed E-state index contributed by atoms with van der Waals surface area (Å²) in [5.74, 6) is 0.846. The fourth-order valence-corrected chi connectivity index (χ4v) is 4.77. The van der Waals surface area contributed by atoms with Gasteiger partial charge in [-0.25, -0.2) is 0 Å². The lowest BCUT2D eigenvalue weighted by molar-refractivity contribution is -0.130. The van der Waals surface area contributed by atoms with Gasteiger partial charge < -0.3 is 14.2 Å². The van der Waals surface area contributed by atoms with E-state index in [4.69, 9.17) is 4.42 Å². The van der Waals surface area contributed by atoms with Crippen molar-refractivity contribution in [3.8, 4) is 0 Å². The van der Waals surface area contributed by atoms with E-state index in [1.807, 2.05) is 9.80 Å². The van der Waals surface area contributed by atoms with Crippen LogP contribution in [0.5, 0.6) is 0 Å². The smallest absolute Gasteiger partial charge is 0.257 e. The summed E-state index contributed by atoms with van der Waals surface area (Å²) in [4.78, 5) is 29.0. The first-order valence-electron chi connectivity index (χ1n) is 9.27. The first kappa shape index (κ1) is 15.7. The van der Waals surface area contributed by atoms with Gasteiger partial charge in [0.25, 0.3) is 5.91 Å². The molecule has 1 aromatic rings. The van der Waals surface area contributed by atoms with E-state index in [0.717, 1.165) is 45.4 Å². The lowest BCUT2D eigenvalue weighted by Crippen LogP contribution is -2.39. The van der Waals surface area contributed by atoms with Crippen molar-refractivity contribution in [1.29, 1.82) is 0 Å². The third-order valence-corrected chi connectivity index (χ3v) is 6.38. The Morgan fingerprint density at radius 3 is 2.58 bits per heavy atom. The molecule has 3 heterocycles. The van der Waals surface area contributed by atoms with Crippen LogP contribution in [0.2, 0.25) is 0 Å². The Labute approximate surface area is 143 Å². The van der Waals surface area contributed by atoms with Gasteiger partial charge in [-0.05, 0) is 49.5 Å². The fraction of sp³-hybridized carbons (Fsp3) is 0.684. The highest BCUT2D eigenvalue weighted by Gasteiger charge is 2.51. The zero-order valence-corrected chi connectivity index (χ0v) is 14.2. The summed E-state index contributed by atoms with van der Waals surface area (Å²) in [6, 6.07) is 1.74. The minimum absolute atomic E-state index is 0.0726. The van der Waals surface area contributed by atoms with Crippen LogP contribution in [0.25, 0.3) is 0 Å². The highest BCUT2D eigenvalue weighted by atomic mass is 16.3. The Morgan fingerprint density at radius 2 is 1.96 bits per heavy atom. The van der Waals surface area contributed by atoms with Gasteiger partial charge in [-0.15, -0.1) is 0 Å². The molecule has 1 spiro atoms. The van der Waals surface area contributed by atoms with Crippen LogP contribution >= 0.6 is 0 Å². The topological polar surface area (TPSA) is 53.8 Å². The maximum Gasteiger partial charge on any atom is 0.257 e. The lowest BCUT2D eigenvalue weighted by atomic mass is 9.62. The van der Waals surface area contributed by atoms with Gasteiger partial charge in [0.1, 0.15) is 6.26 Å². The van der Waals surface area contributed by atoms with Crippen LogP contribution in [0.3, 0.4) is 0 Å². The van der Waals surface area contributed by atoms with E-state index in [0.29, 0.717) is 23.8 Å². The van der Waals surface area contributed by atoms with Crippen molar-refractivity contribution in [1.82, 2.24) is 9.80 Å². The molecule has 2 aliphatic heterocycles. The molecule has 5 nitrogen and oxygen atoms in total. The van der Waals surface area contributed by atoms with E-state index in [1.54, 1.807) is 12.3 Å². The largest absolute Gasteiger partial charge is 0.472 e. The number of likely N-dealkylation sites (tertiary alicyclic amines) is 2. The summed E-state index contributed by atoms with van der Waals surface area (Å²) >= 11 is 0. The van der Waals surface area contributed by atoms with E-state index in [2.05, 4.69) is 0 Å². The van der Waals surface area contributed by atoms with Crippen LogP contribution in [-0.4, -0.2) is 47.8 Å². The van der Waals surface area contributed by atoms with Crippen molar-refractivity contribution in [3.05, 3.63) is 24.2 Å². The number of hydrogen-bond donors (Lipinski definition) is 0. The highest BCUT2D eigenvalue weighted by molar-refractivity contribution is 5.94. The molecule has 1 aliphatic carbocycles. The summed E-state index contributed by atoms with van der Waals surface area (Å²) < 4.78 is 5.05. The molecule has 24 heavy (non-hydrogen) atoms. The predicted octanol–water partition coefficient (Wildman–Crippen LogP) is 2.92. The second kappa shape index (κ2) is 6.26. The molecular formula is C19H26N2O3. The number of carbonyl (C=O) groups is 2. The van der Waals surface area contributed by atoms with Crippen LogP contribution < -0.4 is 0 Å². The van der Waals surface area contributed by atoms with Crippen LogP contribution in [0, 0.1) is 11.3 Å². The predicted molar refractivity (Wildman–Crippen MR) is 89.4 cm³/mol. The first-order chi connectivity index (χ1) is 11.7. The van der Waals surface area contributed by atoms with Gasteiger partial charge in [-0.2, -0.15) is 0 Å². The van der Waals surface area contributed by atoms with E-state index < -0.39 is 0 Å². The molecule has 3 aliphatic rings. The Kier molecular flexibility index (Phi) is 4.10. The highest BCUT2D eigenvalue weighted by Crippen LogP contribution is 2.53. The van der Waals surface area contributed by atoms with Crippen LogP contribution in [0.4, 0.5) is 0 Å². The molecule has 0 aromatic carbocycles. The van der Waals surface area contributed by atoms with Gasteiger partial charge >= 0.3 is 0 Å². The summed E-state index contributed by atoms with van der Waals surface area (Å²) in [5.41, 5.74) is 0.906. The monoisotopic (exact) mass is 330 g/mol. The third-order valence-electron chi connectivity index (χ3n) is 6.38. The summed E-state index contributed by atoms with van der Waals surface area (Å²) in [6.45, 7) is 3.50. The molecule has 2 amide bonds. The zero-order valence-electron chi connectivity index (χ0n) is 14.2. The number of hydrogen-bond acceptors (Lipinski definition) is 3. The lowest BCUT2D eigenvalue weighted by Gasteiger charge is -2.43. The minimum atomic E-state index is 0.0726. The molecule has 0 bridgehead atoms. The molecule has 1 unspecified atom stereocenters. The molecule has 1 atom stereocenters. The molecule has 0 radical (unpaired) electrons. The van der Waals surface area contributed by atoms with E-state index in [1.165, 1.54) is 25.5 Å². The zero-order chi connectivity index (χ0) is 16.6. The van der Waals surface area contributed by atoms with Crippen molar-refractivity contribution >= 4 is 11.8 Å². The quantitative estimate of drug-likeness (QED) is 0.853. The number of rotatable bonds is 4. The van der Waals surface area contributed by atoms with Crippen LogP contribution in [-0.2, 0) is 4.79 Å². The first-order valence-corrected chi connectivity index (χ1v) is 9.27. The van der Waals surface area contributed by atoms with Crippen molar-refractivity contribution in [2.45, 2.75) is 44.9 Å². The maximum atomic E-state index is 12.6. The second-order valence-corrected chi connectivity index (χ2v) is 7.74. The van der Waals surface area contributed by atoms with Crippen molar-refractivity contribution in [3.63, 3.8) is 0 Å². The SMILES string of the molecule is O=C(CCC1CN(C(=O)c2ccoc2)CC12CCC2)N1CCCC1. The average Bonchev–Trinajstić information content (AvgIpc) is 3.31. The van der Waals surface area contributed by atoms with Gasteiger partial charge in [0.05, 0.1) is 11.8 Å². The Morgan fingerprint density at radius 1 is 1.17 bits per heavy atom. The number of furan rings is 1. The fourth-order valence-electron chi connectivity index (χ4n) is 4.77. The molecule has 1 saturated carbocycles. The van der Waals surface area contributed by atoms with Crippen LogP contribution in [0.15, 0.2) is 23.0 Å². The molecule has 0 N–H and O–H groups in total. The van der Waals surface area contributed by atoms with E-state index in [9.17, 15) is 9.59 Å². The molecule has 2 saturated heterocycles. The van der Waals surface area contributed by atoms with Gasteiger partial charge in [-0.3, -0.25) is 9.59 Å². The normalized spacial score (nSPS) is 25.2. The minimum Gasteiger partial charge on any atom is -0.472 e. The van der Waals surface area contributed by atoms with Crippen molar-refractivity contribution < 1.29 is 14.0 Å². The van der Waals surface area contributed by atoms with E-state index >= 15 is 0 Å². The second-order valence-electron chi connectivity index (χ2n) is 7.74. The summed E-state index contributed by atoms with van der Waals surface area (Å²) in [5, 5.41) is 0. The number of amides is 2. The number of carbonyl (C=O) groups excluding carboxylic acids is 2. The summed E-state index contributed by atoms with van der Waals surface area (Å²) in [7, 11) is 0. The molecular weight excluding hydrogens is 304 g/mol. The van der Waals surface area contributed by atoms with Gasteiger partial charge in [0, 0.05) is 32.6 Å². The summed E-state index contributed by atoms with van der Waals surface area (Å²) in [6.07, 6.45) is 10.6. The average molecular weight is 330 g/mol. The molecule has 4 rings (SSSR count). The van der Waals surface area contributed by atoms with Gasteiger partial charge in [0.15, 0.2) is 0 Å². The van der Waals surface area contributed by atoms with Crippen LogP contribution in [0.1, 0.15) is 55.3 Å². The van der Waals surface area contributed by atoms with Crippen molar-refractivity contribution in [2.24, 2.45) is 11.3 Å². The Balaban J connectivity index is 1.39. The van der Waals surface area contributed by atoms with Crippen molar-refractivity contribution in [2.75, 3.05) is 26.2 Å². The molecule has 130 valence electrons.